The predicted molar refractivity (Wildman–Crippen MR) is 92.9 cm³/mol. The maximum atomic E-state index is 12.2. The van der Waals surface area contributed by atoms with Crippen molar-refractivity contribution in [3.8, 4) is 11.5 Å². The predicted octanol–water partition coefficient (Wildman–Crippen LogP) is 2.69. The molecular weight excluding hydrogens is 376 g/mol. The molecule has 2 N–H and O–H groups in total. The quantitative estimate of drug-likeness (QED) is 0.740. The number of nitrogens with one attached hydrogen (secondary N) is 2. The van der Waals surface area contributed by atoms with E-state index in [-0.39, 0.29) is 6.61 Å². The van der Waals surface area contributed by atoms with Crippen LogP contribution in [0.15, 0.2) is 53.0 Å². The lowest BCUT2D eigenvalue weighted by Gasteiger charge is -2.12. The van der Waals surface area contributed by atoms with E-state index in [1.807, 2.05) is 13.0 Å². The smallest absolute Gasteiger partial charge is 0.276 e. The molecule has 2 aromatic carbocycles. The molecule has 0 aliphatic heterocycles. The summed E-state index contributed by atoms with van der Waals surface area (Å²) in [6.07, 6.45) is 0. The lowest BCUT2D eigenvalue weighted by molar-refractivity contribution is -0.123. The zero-order valence-electron chi connectivity index (χ0n) is 13.0. The minimum atomic E-state index is -0.479. The summed E-state index contributed by atoms with van der Waals surface area (Å²) in [5.74, 6) is 0.0607. The Hall–Kier alpha value is -2.54. The van der Waals surface area contributed by atoms with Crippen molar-refractivity contribution in [2.24, 2.45) is 0 Å². The molecule has 6 nitrogen and oxygen atoms in total. The molecule has 0 saturated carbocycles. The molecule has 126 valence electrons. The summed E-state index contributed by atoms with van der Waals surface area (Å²) >= 11 is 3.30. The molecule has 0 aliphatic rings. The first-order valence-corrected chi connectivity index (χ1v) is 8.09. The Bertz CT molecular complexity index is 707. The topological polar surface area (TPSA) is 76.7 Å². The minimum Gasteiger partial charge on any atom is -0.493 e. The molecule has 24 heavy (non-hydrogen) atoms. The number of halogens is 1. The van der Waals surface area contributed by atoms with Crippen LogP contribution in [0, 0.1) is 0 Å². The molecule has 0 aliphatic carbocycles. The van der Waals surface area contributed by atoms with E-state index in [1.54, 1.807) is 42.5 Å². The van der Waals surface area contributed by atoms with E-state index in [1.165, 1.54) is 0 Å². The number of para-hydroxylation sites is 1. The van der Waals surface area contributed by atoms with Gasteiger partial charge >= 0.3 is 0 Å². The molecule has 0 saturated heterocycles. The summed E-state index contributed by atoms with van der Waals surface area (Å²) in [6.45, 7) is 2.05. The molecule has 0 spiro atoms. The monoisotopic (exact) mass is 392 g/mol. The number of ether oxygens (including phenoxy) is 2. The van der Waals surface area contributed by atoms with E-state index in [0.29, 0.717) is 23.7 Å². The van der Waals surface area contributed by atoms with Gasteiger partial charge in [-0.05, 0) is 37.3 Å². The van der Waals surface area contributed by atoms with Gasteiger partial charge in [0.15, 0.2) is 6.61 Å². The summed E-state index contributed by atoms with van der Waals surface area (Å²) in [5, 5.41) is 0. The summed E-state index contributed by atoms with van der Waals surface area (Å²) in [5.41, 5.74) is 4.96. The first kappa shape index (κ1) is 17.8. The molecule has 2 aromatic rings. The van der Waals surface area contributed by atoms with Gasteiger partial charge in [0.1, 0.15) is 11.5 Å². The standard InChI is InChI=1S/C17H17BrN2O4/c1-2-23-15-9-8-12(18)10-14(15)17(22)20-19-16(21)11-24-13-6-4-3-5-7-13/h3-10H,2,11H2,1H3,(H,19,21)(H,20,22). The van der Waals surface area contributed by atoms with Crippen LogP contribution >= 0.6 is 15.9 Å². The molecule has 0 fully saturated rings. The minimum absolute atomic E-state index is 0.207. The van der Waals surface area contributed by atoms with Crippen LogP contribution in [0.25, 0.3) is 0 Å². The zero-order chi connectivity index (χ0) is 17.4. The van der Waals surface area contributed by atoms with Gasteiger partial charge in [0, 0.05) is 4.47 Å². The second kappa shape index (κ2) is 8.93. The molecule has 0 unspecified atom stereocenters. The number of rotatable bonds is 6. The van der Waals surface area contributed by atoms with Crippen LogP contribution in [0.5, 0.6) is 11.5 Å². The fourth-order valence-electron chi connectivity index (χ4n) is 1.86. The van der Waals surface area contributed by atoms with E-state index in [4.69, 9.17) is 9.47 Å². The van der Waals surface area contributed by atoms with Crippen LogP contribution in [-0.2, 0) is 4.79 Å². The number of hydrogen-bond acceptors (Lipinski definition) is 4. The second-order valence-corrected chi connectivity index (χ2v) is 5.59. The van der Waals surface area contributed by atoms with Crippen LogP contribution in [0.2, 0.25) is 0 Å². The fraction of sp³-hybridized carbons (Fsp3) is 0.176. The van der Waals surface area contributed by atoms with Crippen LogP contribution in [0.1, 0.15) is 17.3 Å². The third kappa shape index (κ3) is 5.27. The molecule has 2 amide bonds. The maximum absolute atomic E-state index is 12.2. The summed E-state index contributed by atoms with van der Waals surface area (Å²) in [6, 6.07) is 14.0. The van der Waals surface area contributed by atoms with E-state index < -0.39 is 11.8 Å². The van der Waals surface area contributed by atoms with Gasteiger partial charge in [0.25, 0.3) is 11.8 Å². The number of hydrogen-bond donors (Lipinski definition) is 2. The normalized spacial score (nSPS) is 9.92. The Morgan fingerprint density at radius 3 is 2.50 bits per heavy atom. The number of benzene rings is 2. The third-order valence-corrected chi connectivity index (χ3v) is 3.41. The molecular formula is C17H17BrN2O4. The van der Waals surface area contributed by atoms with Gasteiger partial charge in [-0.25, -0.2) is 0 Å². The lowest BCUT2D eigenvalue weighted by Crippen LogP contribution is -2.43. The Labute approximate surface area is 148 Å². The van der Waals surface area contributed by atoms with E-state index in [0.717, 1.165) is 4.47 Å². The van der Waals surface area contributed by atoms with E-state index in [9.17, 15) is 9.59 Å². The number of carbonyl (C=O) groups is 2. The highest BCUT2D eigenvalue weighted by molar-refractivity contribution is 9.10. The molecule has 0 aromatic heterocycles. The highest BCUT2D eigenvalue weighted by Gasteiger charge is 2.14. The largest absolute Gasteiger partial charge is 0.493 e. The third-order valence-electron chi connectivity index (χ3n) is 2.91. The lowest BCUT2D eigenvalue weighted by atomic mass is 10.2. The first-order valence-electron chi connectivity index (χ1n) is 7.29. The van der Waals surface area contributed by atoms with Crippen molar-refractivity contribution in [2.45, 2.75) is 6.92 Å². The molecule has 0 heterocycles. The Morgan fingerprint density at radius 1 is 1.04 bits per heavy atom. The van der Waals surface area contributed by atoms with E-state index in [2.05, 4.69) is 26.8 Å². The number of hydrazine groups is 1. The molecule has 0 atom stereocenters. The van der Waals surface area contributed by atoms with Gasteiger partial charge in [-0.15, -0.1) is 0 Å². The van der Waals surface area contributed by atoms with E-state index >= 15 is 0 Å². The van der Waals surface area contributed by atoms with Crippen molar-refractivity contribution < 1.29 is 19.1 Å². The second-order valence-electron chi connectivity index (χ2n) is 4.68. The molecule has 7 heteroatoms. The highest BCUT2D eigenvalue weighted by atomic mass is 79.9. The van der Waals surface area contributed by atoms with Gasteiger partial charge in [-0.3, -0.25) is 20.4 Å². The average Bonchev–Trinajstić information content (AvgIpc) is 2.60. The number of amides is 2. The Balaban J connectivity index is 1.88. The van der Waals surface area contributed by atoms with Crippen molar-refractivity contribution in [3.63, 3.8) is 0 Å². The number of carbonyl (C=O) groups excluding carboxylic acids is 2. The molecule has 2 rings (SSSR count). The van der Waals surface area contributed by atoms with Crippen molar-refractivity contribution >= 4 is 27.7 Å². The van der Waals surface area contributed by atoms with Crippen molar-refractivity contribution in [2.75, 3.05) is 13.2 Å². The van der Waals surface area contributed by atoms with Crippen molar-refractivity contribution in [3.05, 3.63) is 58.6 Å². The van der Waals surface area contributed by atoms with Crippen molar-refractivity contribution in [1.82, 2.24) is 10.9 Å². The van der Waals surface area contributed by atoms with Crippen LogP contribution in [0.3, 0.4) is 0 Å². The molecule has 0 radical (unpaired) electrons. The van der Waals surface area contributed by atoms with Gasteiger partial charge in [-0.2, -0.15) is 0 Å². The van der Waals surface area contributed by atoms with Gasteiger partial charge < -0.3 is 9.47 Å². The van der Waals surface area contributed by atoms with Crippen LogP contribution in [0.4, 0.5) is 0 Å². The Kier molecular flexibility index (Phi) is 6.62. The van der Waals surface area contributed by atoms with Gasteiger partial charge in [-0.1, -0.05) is 34.1 Å². The summed E-state index contributed by atoms with van der Waals surface area (Å²) in [7, 11) is 0. The highest BCUT2D eigenvalue weighted by Crippen LogP contribution is 2.23. The summed E-state index contributed by atoms with van der Waals surface area (Å²) in [4.78, 5) is 23.9. The first-order chi connectivity index (χ1) is 11.6. The Morgan fingerprint density at radius 2 is 1.79 bits per heavy atom. The maximum Gasteiger partial charge on any atom is 0.276 e. The SMILES string of the molecule is CCOc1ccc(Br)cc1C(=O)NNC(=O)COc1ccccc1. The van der Waals surface area contributed by atoms with Crippen molar-refractivity contribution in [1.29, 1.82) is 0 Å². The zero-order valence-corrected chi connectivity index (χ0v) is 14.6. The fourth-order valence-corrected chi connectivity index (χ4v) is 2.22. The van der Waals surface area contributed by atoms with Gasteiger partial charge in [0.2, 0.25) is 0 Å². The van der Waals surface area contributed by atoms with Crippen LogP contribution in [-0.4, -0.2) is 25.0 Å². The van der Waals surface area contributed by atoms with Gasteiger partial charge in [0.05, 0.1) is 12.2 Å². The average molecular weight is 393 g/mol. The summed E-state index contributed by atoms with van der Waals surface area (Å²) < 4.78 is 11.4. The molecule has 0 bridgehead atoms. The van der Waals surface area contributed by atoms with Crippen LogP contribution < -0.4 is 20.3 Å².